The third-order valence-corrected chi connectivity index (χ3v) is 5.81. The van der Waals surface area contributed by atoms with Gasteiger partial charge in [0.05, 0.1) is 16.8 Å². The molecule has 1 aromatic carbocycles. The lowest BCUT2D eigenvalue weighted by molar-refractivity contribution is 0.102. The molecule has 0 saturated carbocycles. The summed E-state index contributed by atoms with van der Waals surface area (Å²) in [6, 6.07) is 5.73. The first kappa shape index (κ1) is 18.2. The summed E-state index contributed by atoms with van der Waals surface area (Å²) >= 11 is 1.30. The van der Waals surface area contributed by atoms with Crippen LogP contribution >= 0.6 is 11.3 Å². The van der Waals surface area contributed by atoms with Gasteiger partial charge in [-0.15, -0.1) is 11.3 Å². The van der Waals surface area contributed by atoms with E-state index in [1.807, 2.05) is 18.6 Å². The van der Waals surface area contributed by atoms with Gasteiger partial charge in [-0.25, -0.2) is 18.1 Å². The minimum atomic E-state index is -3.54. The molecule has 3 rings (SSSR count). The van der Waals surface area contributed by atoms with E-state index in [1.54, 1.807) is 17.8 Å². The van der Waals surface area contributed by atoms with Crippen LogP contribution in [0.3, 0.4) is 0 Å². The van der Waals surface area contributed by atoms with Crippen LogP contribution in [0, 0.1) is 0 Å². The van der Waals surface area contributed by atoms with Crippen molar-refractivity contribution in [1.29, 1.82) is 0 Å². The number of amides is 1. The number of anilines is 1. The van der Waals surface area contributed by atoms with Crippen molar-refractivity contribution in [3.05, 3.63) is 47.6 Å². The average molecular weight is 391 g/mol. The van der Waals surface area contributed by atoms with Gasteiger partial charge in [-0.3, -0.25) is 14.8 Å². The van der Waals surface area contributed by atoms with Crippen molar-refractivity contribution in [3.63, 3.8) is 0 Å². The third kappa shape index (κ3) is 3.98. The smallest absolute Gasteiger partial charge is 0.257 e. The standard InChI is InChI=1S/C16H17N5O3S2/c1-3-18-26(23,24)13-6-4-11(5-7-13)15(22)20-16-19-14(10-25-16)12-8-17-21(2)9-12/h4-10,18H,3H2,1-2H3,(H,19,20,22). The van der Waals surface area contributed by atoms with Crippen LogP contribution in [0.25, 0.3) is 11.3 Å². The molecule has 0 aliphatic carbocycles. The van der Waals surface area contributed by atoms with E-state index in [2.05, 4.69) is 20.1 Å². The van der Waals surface area contributed by atoms with Crippen LogP contribution in [0.5, 0.6) is 0 Å². The molecule has 136 valence electrons. The lowest BCUT2D eigenvalue weighted by atomic mass is 10.2. The van der Waals surface area contributed by atoms with Crippen LogP contribution in [0.2, 0.25) is 0 Å². The van der Waals surface area contributed by atoms with Crippen molar-refractivity contribution in [2.75, 3.05) is 11.9 Å². The maximum Gasteiger partial charge on any atom is 0.257 e. The zero-order valence-electron chi connectivity index (χ0n) is 14.1. The summed E-state index contributed by atoms with van der Waals surface area (Å²) < 4.78 is 27.9. The Balaban J connectivity index is 1.71. The first-order valence-electron chi connectivity index (χ1n) is 7.74. The Hall–Kier alpha value is -2.56. The molecule has 2 N–H and O–H groups in total. The maximum atomic E-state index is 12.3. The summed E-state index contributed by atoms with van der Waals surface area (Å²) in [5, 5.41) is 9.10. The molecule has 2 aromatic heterocycles. The highest BCUT2D eigenvalue weighted by Crippen LogP contribution is 2.24. The summed E-state index contributed by atoms with van der Waals surface area (Å²) in [6.07, 6.45) is 3.54. The largest absolute Gasteiger partial charge is 0.298 e. The van der Waals surface area contributed by atoms with Gasteiger partial charge in [-0.1, -0.05) is 6.92 Å². The number of nitrogens with one attached hydrogen (secondary N) is 2. The minimum Gasteiger partial charge on any atom is -0.298 e. The van der Waals surface area contributed by atoms with E-state index in [1.165, 1.54) is 35.6 Å². The minimum absolute atomic E-state index is 0.115. The fourth-order valence-corrected chi connectivity index (χ4v) is 4.00. The van der Waals surface area contributed by atoms with Crippen LogP contribution < -0.4 is 10.0 Å². The fourth-order valence-electron chi connectivity index (χ4n) is 2.25. The quantitative estimate of drug-likeness (QED) is 0.669. The molecule has 0 atom stereocenters. The molecule has 0 spiro atoms. The van der Waals surface area contributed by atoms with Gasteiger partial charge in [0.1, 0.15) is 0 Å². The van der Waals surface area contributed by atoms with Crippen molar-refractivity contribution in [2.24, 2.45) is 7.05 Å². The normalized spacial score (nSPS) is 11.5. The molecule has 3 aromatic rings. The van der Waals surface area contributed by atoms with Crippen LogP contribution in [-0.4, -0.2) is 35.6 Å². The van der Waals surface area contributed by atoms with Gasteiger partial charge >= 0.3 is 0 Å². The summed E-state index contributed by atoms with van der Waals surface area (Å²) in [7, 11) is -1.72. The first-order chi connectivity index (χ1) is 12.4. The van der Waals surface area contributed by atoms with E-state index in [9.17, 15) is 13.2 Å². The summed E-state index contributed by atoms with van der Waals surface area (Å²) in [5.41, 5.74) is 1.94. The van der Waals surface area contributed by atoms with Crippen molar-refractivity contribution in [3.8, 4) is 11.3 Å². The number of rotatable bonds is 6. The molecule has 0 unspecified atom stereocenters. The number of benzene rings is 1. The lowest BCUT2D eigenvalue weighted by Gasteiger charge is -2.06. The zero-order valence-corrected chi connectivity index (χ0v) is 15.8. The third-order valence-electron chi connectivity index (χ3n) is 3.49. The van der Waals surface area contributed by atoms with Gasteiger partial charge in [-0.05, 0) is 24.3 Å². The predicted octanol–water partition coefficient (Wildman–Crippen LogP) is 2.09. The summed E-state index contributed by atoms with van der Waals surface area (Å²) in [5.74, 6) is -0.357. The lowest BCUT2D eigenvalue weighted by Crippen LogP contribution is -2.23. The number of carbonyl (C=O) groups is 1. The fraction of sp³-hybridized carbons (Fsp3) is 0.188. The zero-order chi connectivity index (χ0) is 18.7. The Labute approximate surface area is 154 Å². The Morgan fingerprint density at radius 3 is 2.62 bits per heavy atom. The van der Waals surface area contributed by atoms with Gasteiger partial charge < -0.3 is 0 Å². The number of sulfonamides is 1. The number of aromatic nitrogens is 3. The van der Waals surface area contributed by atoms with E-state index in [4.69, 9.17) is 0 Å². The Kier molecular flexibility index (Phi) is 5.16. The van der Waals surface area contributed by atoms with E-state index in [0.717, 1.165) is 11.3 Å². The molecule has 2 heterocycles. The molecule has 0 radical (unpaired) electrons. The number of aryl methyl sites for hydroxylation is 1. The molecule has 26 heavy (non-hydrogen) atoms. The van der Waals surface area contributed by atoms with Crippen LogP contribution in [0.15, 0.2) is 46.9 Å². The van der Waals surface area contributed by atoms with Gasteiger partial charge in [0.2, 0.25) is 10.0 Å². The monoisotopic (exact) mass is 391 g/mol. The second-order valence-corrected chi connectivity index (χ2v) is 8.05. The highest BCUT2D eigenvalue weighted by atomic mass is 32.2. The molecule has 0 aliphatic heterocycles. The molecular weight excluding hydrogens is 374 g/mol. The van der Waals surface area contributed by atoms with Gasteiger partial charge in [0.15, 0.2) is 5.13 Å². The molecule has 0 aliphatic rings. The second-order valence-electron chi connectivity index (χ2n) is 5.42. The van der Waals surface area contributed by atoms with Crippen LogP contribution in [-0.2, 0) is 17.1 Å². The van der Waals surface area contributed by atoms with Crippen molar-refractivity contribution in [2.45, 2.75) is 11.8 Å². The second kappa shape index (κ2) is 7.36. The molecule has 0 bridgehead atoms. The Morgan fingerprint density at radius 2 is 2.00 bits per heavy atom. The van der Waals surface area contributed by atoms with E-state index in [-0.39, 0.29) is 10.8 Å². The molecule has 0 saturated heterocycles. The average Bonchev–Trinajstić information content (AvgIpc) is 3.24. The van der Waals surface area contributed by atoms with Gasteiger partial charge in [0, 0.05) is 36.3 Å². The Bertz CT molecular complexity index is 1020. The number of thiazole rings is 1. The van der Waals surface area contributed by atoms with E-state index >= 15 is 0 Å². The van der Waals surface area contributed by atoms with Crippen LogP contribution in [0.1, 0.15) is 17.3 Å². The number of carbonyl (C=O) groups excluding carboxylic acids is 1. The molecule has 10 heteroatoms. The topological polar surface area (TPSA) is 106 Å². The molecular formula is C16H17N5O3S2. The first-order valence-corrected chi connectivity index (χ1v) is 10.1. The number of nitrogens with zero attached hydrogens (tertiary/aromatic N) is 3. The highest BCUT2D eigenvalue weighted by molar-refractivity contribution is 7.89. The van der Waals surface area contributed by atoms with E-state index < -0.39 is 10.0 Å². The van der Waals surface area contributed by atoms with Gasteiger partial charge in [0.25, 0.3) is 5.91 Å². The van der Waals surface area contributed by atoms with Crippen LogP contribution in [0.4, 0.5) is 5.13 Å². The molecule has 8 nitrogen and oxygen atoms in total. The number of hydrogen-bond donors (Lipinski definition) is 2. The van der Waals surface area contributed by atoms with Crippen molar-refractivity contribution in [1.82, 2.24) is 19.5 Å². The molecule has 0 fully saturated rings. The summed E-state index contributed by atoms with van der Waals surface area (Å²) in [6.45, 7) is 2.00. The van der Waals surface area contributed by atoms with Crippen molar-refractivity contribution >= 4 is 32.4 Å². The van der Waals surface area contributed by atoms with E-state index in [0.29, 0.717) is 17.2 Å². The Morgan fingerprint density at radius 1 is 1.27 bits per heavy atom. The SMILES string of the molecule is CCNS(=O)(=O)c1ccc(C(=O)Nc2nc(-c3cnn(C)c3)cs2)cc1. The predicted molar refractivity (Wildman–Crippen MR) is 99.6 cm³/mol. The maximum absolute atomic E-state index is 12.3. The highest BCUT2D eigenvalue weighted by Gasteiger charge is 2.15. The van der Waals surface area contributed by atoms with Gasteiger partial charge in [-0.2, -0.15) is 5.10 Å². The summed E-state index contributed by atoms with van der Waals surface area (Å²) in [4.78, 5) is 16.8. The molecule has 1 amide bonds. The number of hydrogen-bond acceptors (Lipinski definition) is 6. The van der Waals surface area contributed by atoms with Crippen molar-refractivity contribution < 1.29 is 13.2 Å².